The molecule has 4 rings (SSSR count). The standard InChI is InChI=1S/C25H22N2O4/c1-2-31-20-15-13-19(14-16-20)27-24(29)22(23(28)26-25(27)30)21(17-9-5-3-6-10-17)18-11-7-4-8-12-18/h3-16,21-22H,2H2,1H3,(H,26,28,30). The minimum absolute atomic E-state index is 0.378. The van der Waals surface area contributed by atoms with Crippen molar-refractivity contribution in [1.82, 2.24) is 5.32 Å². The van der Waals surface area contributed by atoms with Gasteiger partial charge in [-0.05, 0) is 42.3 Å². The lowest BCUT2D eigenvalue weighted by atomic mass is 9.78. The first-order valence-corrected chi connectivity index (χ1v) is 10.1. The lowest BCUT2D eigenvalue weighted by molar-refractivity contribution is -0.134. The molecule has 1 fully saturated rings. The first-order chi connectivity index (χ1) is 15.1. The van der Waals surface area contributed by atoms with Crippen LogP contribution in [0, 0.1) is 5.92 Å². The highest BCUT2D eigenvalue weighted by Crippen LogP contribution is 2.36. The third-order valence-corrected chi connectivity index (χ3v) is 5.26. The Morgan fingerprint density at radius 3 is 1.90 bits per heavy atom. The van der Waals surface area contributed by atoms with Gasteiger partial charge in [-0.15, -0.1) is 0 Å². The van der Waals surface area contributed by atoms with E-state index in [2.05, 4.69) is 5.32 Å². The molecule has 6 heteroatoms. The fraction of sp³-hybridized carbons (Fsp3) is 0.160. The van der Waals surface area contributed by atoms with E-state index in [1.165, 1.54) is 0 Å². The maximum atomic E-state index is 13.6. The van der Waals surface area contributed by atoms with Gasteiger partial charge in [-0.3, -0.25) is 14.9 Å². The SMILES string of the molecule is CCOc1ccc(N2C(=O)NC(=O)C(C(c3ccccc3)c3ccccc3)C2=O)cc1. The summed E-state index contributed by atoms with van der Waals surface area (Å²) in [5.41, 5.74) is 2.02. The summed E-state index contributed by atoms with van der Waals surface area (Å²) in [5.74, 6) is -2.15. The first kappa shape index (κ1) is 20.3. The van der Waals surface area contributed by atoms with Gasteiger partial charge in [0, 0.05) is 5.92 Å². The minimum atomic E-state index is -1.09. The summed E-state index contributed by atoms with van der Waals surface area (Å²) in [6.07, 6.45) is 0. The largest absolute Gasteiger partial charge is 0.494 e. The molecule has 0 radical (unpaired) electrons. The Labute approximate surface area is 180 Å². The van der Waals surface area contributed by atoms with Gasteiger partial charge in [-0.1, -0.05) is 60.7 Å². The van der Waals surface area contributed by atoms with Crippen LogP contribution in [-0.4, -0.2) is 24.5 Å². The van der Waals surface area contributed by atoms with E-state index in [0.717, 1.165) is 16.0 Å². The second kappa shape index (κ2) is 8.83. The van der Waals surface area contributed by atoms with Crippen molar-refractivity contribution in [2.75, 3.05) is 11.5 Å². The number of imide groups is 2. The van der Waals surface area contributed by atoms with Crippen molar-refractivity contribution >= 4 is 23.5 Å². The van der Waals surface area contributed by atoms with Crippen molar-refractivity contribution in [2.45, 2.75) is 12.8 Å². The second-order valence-corrected chi connectivity index (χ2v) is 7.17. The Morgan fingerprint density at radius 1 is 0.839 bits per heavy atom. The monoisotopic (exact) mass is 414 g/mol. The summed E-state index contributed by atoms with van der Waals surface area (Å²) in [5, 5.41) is 2.36. The van der Waals surface area contributed by atoms with Gasteiger partial charge in [-0.2, -0.15) is 0 Å². The smallest absolute Gasteiger partial charge is 0.335 e. The highest BCUT2D eigenvalue weighted by Gasteiger charge is 2.46. The molecule has 0 aliphatic carbocycles. The van der Waals surface area contributed by atoms with Crippen molar-refractivity contribution in [2.24, 2.45) is 5.92 Å². The second-order valence-electron chi connectivity index (χ2n) is 7.17. The van der Waals surface area contributed by atoms with E-state index in [0.29, 0.717) is 18.0 Å². The van der Waals surface area contributed by atoms with E-state index in [-0.39, 0.29) is 0 Å². The number of barbiturate groups is 1. The van der Waals surface area contributed by atoms with Crippen LogP contribution in [0.5, 0.6) is 5.75 Å². The Balaban J connectivity index is 1.75. The van der Waals surface area contributed by atoms with E-state index in [1.807, 2.05) is 67.6 Å². The summed E-state index contributed by atoms with van der Waals surface area (Å²) in [6, 6.07) is 24.7. The summed E-state index contributed by atoms with van der Waals surface area (Å²) >= 11 is 0. The lowest BCUT2D eigenvalue weighted by Crippen LogP contribution is -2.59. The van der Waals surface area contributed by atoms with Crippen LogP contribution in [0.15, 0.2) is 84.9 Å². The Kier molecular flexibility index (Phi) is 5.80. The predicted octanol–water partition coefficient (Wildman–Crippen LogP) is 4.12. The molecule has 1 unspecified atom stereocenters. The number of anilines is 1. The van der Waals surface area contributed by atoms with Crippen molar-refractivity contribution in [3.05, 3.63) is 96.1 Å². The predicted molar refractivity (Wildman–Crippen MR) is 117 cm³/mol. The van der Waals surface area contributed by atoms with Crippen LogP contribution in [0.1, 0.15) is 24.0 Å². The van der Waals surface area contributed by atoms with E-state index in [9.17, 15) is 14.4 Å². The van der Waals surface area contributed by atoms with Crippen LogP contribution in [0.4, 0.5) is 10.5 Å². The van der Waals surface area contributed by atoms with Crippen molar-refractivity contribution < 1.29 is 19.1 Å². The normalized spacial score (nSPS) is 16.4. The number of urea groups is 1. The summed E-state index contributed by atoms with van der Waals surface area (Å²) < 4.78 is 5.44. The molecule has 1 N–H and O–H groups in total. The van der Waals surface area contributed by atoms with E-state index < -0.39 is 29.7 Å². The highest BCUT2D eigenvalue weighted by atomic mass is 16.5. The molecule has 1 heterocycles. The van der Waals surface area contributed by atoms with Crippen molar-refractivity contribution in [3.63, 3.8) is 0 Å². The maximum absolute atomic E-state index is 13.6. The molecule has 1 aliphatic heterocycles. The number of rotatable bonds is 6. The average Bonchev–Trinajstić information content (AvgIpc) is 2.79. The summed E-state index contributed by atoms with van der Waals surface area (Å²) in [4.78, 5) is 40.1. The molecule has 31 heavy (non-hydrogen) atoms. The number of benzene rings is 3. The molecular weight excluding hydrogens is 392 g/mol. The van der Waals surface area contributed by atoms with E-state index >= 15 is 0 Å². The van der Waals surface area contributed by atoms with Gasteiger partial charge in [0.05, 0.1) is 12.3 Å². The first-order valence-electron chi connectivity index (χ1n) is 10.1. The molecule has 6 nitrogen and oxygen atoms in total. The van der Waals surface area contributed by atoms with Crippen LogP contribution in [-0.2, 0) is 9.59 Å². The Hall–Kier alpha value is -3.93. The Morgan fingerprint density at radius 2 is 1.39 bits per heavy atom. The zero-order valence-corrected chi connectivity index (χ0v) is 17.0. The fourth-order valence-corrected chi connectivity index (χ4v) is 3.89. The van der Waals surface area contributed by atoms with E-state index in [4.69, 9.17) is 4.74 Å². The average molecular weight is 414 g/mol. The molecular formula is C25H22N2O4. The molecule has 1 saturated heterocycles. The molecule has 3 aromatic carbocycles. The third kappa shape index (κ3) is 4.05. The molecule has 0 aromatic heterocycles. The quantitative estimate of drug-likeness (QED) is 0.616. The van der Waals surface area contributed by atoms with Crippen LogP contribution in [0.25, 0.3) is 0 Å². The number of nitrogens with one attached hydrogen (secondary N) is 1. The molecule has 3 aromatic rings. The highest BCUT2D eigenvalue weighted by molar-refractivity contribution is 6.28. The van der Waals surface area contributed by atoms with E-state index in [1.54, 1.807) is 24.3 Å². The molecule has 0 saturated carbocycles. The molecule has 1 atom stereocenters. The van der Waals surface area contributed by atoms with Crippen LogP contribution in [0.2, 0.25) is 0 Å². The maximum Gasteiger partial charge on any atom is 0.335 e. The van der Waals surface area contributed by atoms with Gasteiger partial charge < -0.3 is 4.74 Å². The number of amides is 4. The van der Waals surface area contributed by atoms with Gasteiger partial charge in [0.15, 0.2) is 0 Å². The minimum Gasteiger partial charge on any atom is -0.494 e. The van der Waals surface area contributed by atoms with Crippen molar-refractivity contribution in [3.8, 4) is 5.75 Å². The number of ether oxygens (including phenoxy) is 1. The Bertz CT molecular complexity index is 1040. The van der Waals surface area contributed by atoms with Gasteiger partial charge in [0.25, 0.3) is 0 Å². The third-order valence-electron chi connectivity index (χ3n) is 5.26. The number of carbonyl (C=O) groups excluding carboxylic acids is 3. The zero-order chi connectivity index (χ0) is 21.8. The summed E-state index contributed by atoms with van der Waals surface area (Å²) in [7, 11) is 0. The van der Waals surface area contributed by atoms with Gasteiger partial charge in [0.2, 0.25) is 11.8 Å². The van der Waals surface area contributed by atoms with Crippen molar-refractivity contribution in [1.29, 1.82) is 0 Å². The topological polar surface area (TPSA) is 75.7 Å². The van der Waals surface area contributed by atoms with Crippen LogP contribution >= 0.6 is 0 Å². The number of hydrogen-bond acceptors (Lipinski definition) is 4. The van der Waals surface area contributed by atoms with Gasteiger partial charge in [0.1, 0.15) is 11.7 Å². The zero-order valence-electron chi connectivity index (χ0n) is 17.0. The number of hydrogen-bond donors (Lipinski definition) is 1. The van der Waals surface area contributed by atoms with Crippen LogP contribution < -0.4 is 15.0 Å². The molecule has 156 valence electrons. The lowest BCUT2D eigenvalue weighted by Gasteiger charge is -2.34. The molecule has 0 spiro atoms. The summed E-state index contributed by atoms with van der Waals surface area (Å²) in [6.45, 7) is 2.38. The molecule has 1 aliphatic rings. The molecule has 0 bridgehead atoms. The van der Waals surface area contributed by atoms with Gasteiger partial charge in [-0.25, -0.2) is 9.69 Å². The fourth-order valence-electron chi connectivity index (χ4n) is 3.89. The van der Waals surface area contributed by atoms with Gasteiger partial charge >= 0.3 is 6.03 Å². The molecule has 4 amide bonds. The number of nitrogens with zero attached hydrogens (tertiary/aromatic N) is 1. The number of carbonyl (C=O) groups is 3. The van der Waals surface area contributed by atoms with Crippen LogP contribution in [0.3, 0.4) is 0 Å².